The predicted molar refractivity (Wildman–Crippen MR) is 74.0 cm³/mol. The van der Waals surface area contributed by atoms with E-state index in [-0.39, 0.29) is 5.92 Å². The van der Waals surface area contributed by atoms with Crippen molar-refractivity contribution < 1.29 is 4.79 Å². The van der Waals surface area contributed by atoms with E-state index >= 15 is 0 Å². The van der Waals surface area contributed by atoms with Gasteiger partial charge in [-0.05, 0) is 18.9 Å². The van der Waals surface area contributed by atoms with Crippen LogP contribution in [0.5, 0.6) is 0 Å². The summed E-state index contributed by atoms with van der Waals surface area (Å²) in [6.07, 6.45) is 10.1. The first-order valence-electron chi connectivity index (χ1n) is 7.60. The Hall–Kier alpha value is -1.16. The van der Waals surface area contributed by atoms with E-state index in [1.54, 1.807) is 0 Å². The molecule has 1 unspecified atom stereocenters. The van der Waals surface area contributed by atoms with Crippen molar-refractivity contribution in [1.29, 1.82) is 0 Å². The lowest BCUT2D eigenvalue weighted by molar-refractivity contribution is -0.123. The molecule has 1 aliphatic carbocycles. The smallest absolute Gasteiger partial charge is 0.138 e. The molecule has 1 saturated carbocycles. The predicted octanol–water partition coefficient (Wildman–Crippen LogP) is 2.11. The van der Waals surface area contributed by atoms with E-state index in [1.165, 1.54) is 32.1 Å². The highest BCUT2D eigenvalue weighted by Gasteiger charge is 2.23. The molecule has 0 amide bonds. The number of hydrogen-bond donors (Lipinski definition) is 1. The van der Waals surface area contributed by atoms with E-state index in [0.717, 1.165) is 25.2 Å². The lowest BCUT2D eigenvalue weighted by Crippen LogP contribution is -2.38. The molecule has 0 radical (unpaired) electrons. The lowest BCUT2D eigenvalue weighted by Gasteiger charge is -2.22. The highest BCUT2D eigenvalue weighted by molar-refractivity contribution is 5.82. The summed E-state index contributed by atoms with van der Waals surface area (Å²) in [5.74, 6) is 0.523. The number of aromatic nitrogens is 2. The maximum absolute atomic E-state index is 11.8. The van der Waals surface area contributed by atoms with Gasteiger partial charge in [-0.15, -0.1) is 0 Å². The number of Topliss-reactive ketones (excluding diaryl/α,β-unsaturated/α-hetero) is 1. The minimum atomic E-state index is 0.128. The van der Waals surface area contributed by atoms with E-state index in [1.807, 2.05) is 0 Å². The number of rotatable bonds is 3. The number of ketones is 1. The zero-order valence-corrected chi connectivity index (χ0v) is 11.5. The Morgan fingerprint density at radius 3 is 2.95 bits per heavy atom. The van der Waals surface area contributed by atoms with Gasteiger partial charge in [0.15, 0.2) is 0 Å². The van der Waals surface area contributed by atoms with Gasteiger partial charge in [-0.25, -0.2) is 0 Å². The molecule has 1 atom stereocenters. The first kappa shape index (κ1) is 12.9. The van der Waals surface area contributed by atoms with E-state index < -0.39 is 0 Å². The average Bonchev–Trinajstić information content (AvgIpc) is 2.91. The van der Waals surface area contributed by atoms with Gasteiger partial charge in [-0.1, -0.05) is 19.3 Å². The molecule has 1 aromatic rings. The minimum Gasteiger partial charge on any atom is -0.316 e. The molecular weight excluding hydrogens is 238 g/mol. The second-order valence-corrected chi connectivity index (χ2v) is 5.90. The Bertz CT molecular complexity index is 434. The Kier molecular flexibility index (Phi) is 3.97. The van der Waals surface area contributed by atoms with Gasteiger partial charge < -0.3 is 5.32 Å². The molecule has 1 aromatic heterocycles. The maximum atomic E-state index is 11.8. The number of hydrogen-bond acceptors (Lipinski definition) is 3. The third-order valence-electron chi connectivity index (χ3n) is 4.46. The summed E-state index contributed by atoms with van der Waals surface area (Å²) < 4.78 is 2.13. The lowest BCUT2D eigenvalue weighted by atomic mass is 9.93. The highest BCUT2D eigenvalue weighted by atomic mass is 16.1. The van der Waals surface area contributed by atoms with Crippen molar-refractivity contribution >= 4 is 5.78 Å². The van der Waals surface area contributed by atoms with Gasteiger partial charge in [0.25, 0.3) is 0 Å². The van der Waals surface area contributed by atoms with Crippen molar-refractivity contribution in [2.75, 3.05) is 13.1 Å². The van der Waals surface area contributed by atoms with Gasteiger partial charge in [-0.2, -0.15) is 5.10 Å². The quantitative estimate of drug-likeness (QED) is 0.906. The standard InChI is InChI=1S/C15H23N3O/c19-15-6-8-16-11-12(15)10-13-7-9-18(17-13)14-4-2-1-3-5-14/h7,9,12,14,16H,1-6,8,10-11H2. The first-order chi connectivity index (χ1) is 9.33. The molecule has 3 rings (SSSR count). The van der Waals surface area contributed by atoms with Crippen LogP contribution in [0, 0.1) is 5.92 Å². The number of nitrogens with zero attached hydrogens (tertiary/aromatic N) is 2. The Labute approximate surface area is 114 Å². The summed E-state index contributed by atoms with van der Waals surface area (Å²) in [6, 6.07) is 2.68. The van der Waals surface area contributed by atoms with Gasteiger partial charge in [0.05, 0.1) is 11.7 Å². The summed E-state index contributed by atoms with van der Waals surface area (Å²) in [5, 5.41) is 8.00. The molecule has 0 aromatic carbocycles. The molecule has 2 heterocycles. The molecule has 4 heteroatoms. The Morgan fingerprint density at radius 1 is 1.32 bits per heavy atom. The molecule has 0 bridgehead atoms. The fourth-order valence-corrected chi connectivity index (χ4v) is 3.28. The van der Waals surface area contributed by atoms with Crippen molar-refractivity contribution in [3.8, 4) is 0 Å². The summed E-state index contributed by atoms with van der Waals surface area (Å²) in [5.41, 5.74) is 1.08. The van der Waals surface area contributed by atoms with Gasteiger partial charge in [0, 0.05) is 38.0 Å². The number of carbonyl (C=O) groups excluding carboxylic acids is 1. The molecule has 1 saturated heterocycles. The highest BCUT2D eigenvalue weighted by Crippen LogP contribution is 2.27. The monoisotopic (exact) mass is 261 g/mol. The van der Waals surface area contributed by atoms with Crippen LogP contribution >= 0.6 is 0 Å². The van der Waals surface area contributed by atoms with Crippen molar-refractivity contribution in [2.45, 2.75) is 51.0 Å². The average molecular weight is 261 g/mol. The molecule has 2 aliphatic rings. The molecule has 19 heavy (non-hydrogen) atoms. The summed E-state index contributed by atoms with van der Waals surface area (Å²) in [7, 11) is 0. The molecule has 4 nitrogen and oxygen atoms in total. The first-order valence-corrected chi connectivity index (χ1v) is 7.60. The number of carbonyl (C=O) groups is 1. The van der Waals surface area contributed by atoms with Crippen molar-refractivity contribution in [1.82, 2.24) is 15.1 Å². The second-order valence-electron chi connectivity index (χ2n) is 5.90. The van der Waals surface area contributed by atoms with Gasteiger partial charge >= 0.3 is 0 Å². The largest absolute Gasteiger partial charge is 0.316 e. The van der Waals surface area contributed by atoms with Crippen molar-refractivity contribution in [3.63, 3.8) is 0 Å². The number of piperidine rings is 1. The van der Waals surface area contributed by atoms with Gasteiger partial charge in [-0.3, -0.25) is 9.48 Å². The van der Waals surface area contributed by atoms with Crippen molar-refractivity contribution in [2.24, 2.45) is 5.92 Å². The van der Waals surface area contributed by atoms with Gasteiger partial charge in [0.1, 0.15) is 5.78 Å². The third-order valence-corrected chi connectivity index (χ3v) is 4.46. The van der Waals surface area contributed by atoms with Crippen LogP contribution in [-0.2, 0) is 11.2 Å². The van der Waals surface area contributed by atoms with E-state index in [0.29, 0.717) is 18.2 Å². The Morgan fingerprint density at radius 2 is 2.16 bits per heavy atom. The summed E-state index contributed by atoms with van der Waals surface area (Å²) in [4.78, 5) is 11.8. The van der Waals surface area contributed by atoms with Crippen molar-refractivity contribution in [3.05, 3.63) is 18.0 Å². The van der Waals surface area contributed by atoms with E-state index in [9.17, 15) is 4.79 Å². The molecule has 0 spiro atoms. The minimum absolute atomic E-state index is 0.128. The van der Waals surface area contributed by atoms with E-state index in [4.69, 9.17) is 5.10 Å². The van der Waals surface area contributed by atoms with Crippen LogP contribution in [0.3, 0.4) is 0 Å². The zero-order valence-electron chi connectivity index (χ0n) is 11.5. The molecule has 104 valence electrons. The Balaban J connectivity index is 1.62. The topological polar surface area (TPSA) is 46.9 Å². The van der Waals surface area contributed by atoms with Crippen LogP contribution in [0.1, 0.15) is 50.3 Å². The normalized spacial score (nSPS) is 25.7. The van der Waals surface area contributed by atoms with Crippen LogP contribution in [0.4, 0.5) is 0 Å². The fraction of sp³-hybridized carbons (Fsp3) is 0.733. The third kappa shape index (κ3) is 3.06. The van der Waals surface area contributed by atoms with Crippen LogP contribution in [0.15, 0.2) is 12.3 Å². The van der Waals surface area contributed by atoms with Gasteiger partial charge in [0.2, 0.25) is 0 Å². The molecule has 1 N–H and O–H groups in total. The zero-order chi connectivity index (χ0) is 13.1. The summed E-state index contributed by atoms with van der Waals surface area (Å²) >= 11 is 0. The molecule has 2 fully saturated rings. The fourth-order valence-electron chi connectivity index (χ4n) is 3.28. The van der Waals surface area contributed by atoms with Crippen LogP contribution in [0.2, 0.25) is 0 Å². The van der Waals surface area contributed by atoms with E-state index in [2.05, 4.69) is 22.3 Å². The number of nitrogens with one attached hydrogen (secondary N) is 1. The maximum Gasteiger partial charge on any atom is 0.138 e. The van der Waals surface area contributed by atoms with Crippen LogP contribution in [-0.4, -0.2) is 28.7 Å². The molecular formula is C15H23N3O. The second kappa shape index (κ2) is 5.87. The summed E-state index contributed by atoms with van der Waals surface area (Å²) in [6.45, 7) is 1.65. The van der Waals surface area contributed by atoms with Crippen LogP contribution in [0.25, 0.3) is 0 Å². The SMILES string of the molecule is O=C1CCNCC1Cc1ccn(C2CCCCC2)n1. The van der Waals surface area contributed by atoms with Crippen LogP contribution < -0.4 is 5.32 Å². The molecule has 1 aliphatic heterocycles.